The van der Waals surface area contributed by atoms with Gasteiger partial charge in [-0.05, 0) is 71.4 Å². The van der Waals surface area contributed by atoms with Gasteiger partial charge in [0.2, 0.25) is 5.91 Å². The Balaban J connectivity index is 1.78. The number of nitrogens with one attached hydrogen (secondary N) is 1. The molecule has 0 radical (unpaired) electrons. The minimum absolute atomic E-state index is 0.00837. The number of carbonyl (C=O) groups is 1. The molecule has 1 aliphatic rings. The van der Waals surface area contributed by atoms with Crippen molar-refractivity contribution in [1.82, 2.24) is 15.1 Å². The van der Waals surface area contributed by atoms with Gasteiger partial charge in [0.25, 0.3) is 0 Å². The number of carbonyl (C=O) groups excluding carboxylic acids is 1. The van der Waals surface area contributed by atoms with Gasteiger partial charge in [-0.3, -0.25) is 9.69 Å². The van der Waals surface area contributed by atoms with Gasteiger partial charge in [-0.25, -0.2) is 0 Å². The standard InChI is InChI=1S/C19H30ClN3O/c1-14(2)23-11-9-18(10-12-23)22(4)13-19(24)21-15(3)16-5-7-17(20)8-6-16/h5-8,14-15,18H,9-13H2,1-4H3,(H,21,24). The highest BCUT2D eigenvalue weighted by atomic mass is 35.5. The monoisotopic (exact) mass is 351 g/mol. The van der Waals surface area contributed by atoms with Gasteiger partial charge in [0, 0.05) is 17.1 Å². The number of piperidine rings is 1. The molecule has 134 valence electrons. The maximum atomic E-state index is 12.3. The van der Waals surface area contributed by atoms with E-state index in [1.54, 1.807) is 0 Å². The molecule has 1 unspecified atom stereocenters. The predicted molar refractivity (Wildman–Crippen MR) is 100 cm³/mol. The highest BCUT2D eigenvalue weighted by Crippen LogP contribution is 2.18. The zero-order valence-corrected chi connectivity index (χ0v) is 16.0. The first kappa shape index (κ1) is 19.2. The Morgan fingerprint density at radius 3 is 2.38 bits per heavy atom. The second-order valence-corrected chi connectivity index (χ2v) is 7.55. The Morgan fingerprint density at radius 2 is 1.83 bits per heavy atom. The Kier molecular flexibility index (Phi) is 7.08. The molecule has 1 amide bonds. The lowest BCUT2D eigenvalue weighted by atomic mass is 10.0. The maximum absolute atomic E-state index is 12.3. The summed E-state index contributed by atoms with van der Waals surface area (Å²) in [5.41, 5.74) is 1.07. The summed E-state index contributed by atoms with van der Waals surface area (Å²) in [6.07, 6.45) is 2.27. The molecule has 1 saturated heterocycles. The normalized spacial score (nSPS) is 18.1. The average molecular weight is 352 g/mol. The van der Waals surface area contributed by atoms with E-state index in [0.29, 0.717) is 23.7 Å². The second-order valence-electron chi connectivity index (χ2n) is 7.12. The lowest BCUT2D eigenvalue weighted by molar-refractivity contribution is -0.123. The molecule has 1 fully saturated rings. The molecule has 1 atom stereocenters. The number of benzene rings is 1. The van der Waals surface area contributed by atoms with Gasteiger partial charge in [-0.15, -0.1) is 0 Å². The summed E-state index contributed by atoms with van der Waals surface area (Å²) < 4.78 is 0. The molecule has 1 N–H and O–H groups in total. The molecule has 1 aromatic carbocycles. The lowest BCUT2D eigenvalue weighted by Crippen LogP contribution is -2.48. The Hall–Kier alpha value is -1.10. The number of likely N-dealkylation sites (N-methyl/N-ethyl adjacent to an activating group) is 1. The van der Waals surface area contributed by atoms with E-state index in [2.05, 4.69) is 36.0 Å². The summed E-state index contributed by atoms with van der Waals surface area (Å²) >= 11 is 5.91. The number of hydrogen-bond acceptors (Lipinski definition) is 3. The Labute approximate surface area is 151 Å². The van der Waals surface area contributed by atoms with Crippen LogP contribution in [0.4, 0.5) is 0 Å². The SMILES string of the molecule is CC(NC(=O)CN(C)C1CCN(C(C)C)CC1)c1ccc(Cl)cc1. The van der Waals surface area contributed by atoms with E-state index >= 15 is 0 Å². The quantitative estimate of drug-likeness (QED) is 0.854. The molecule has 0 bridgehead atoms. The summed E-state index contributed by atoms with van der Waals surface area (Å²) in [7, 11) is 2.06. The first-order valence-corrected chi connectivity index (χ1v) is 9.23. The van der Waals surface area contributed by atoms with Gasteiger partial charge in [0.1, 0.15) is 0 Å². The van der Waals surface area contributed by atoms with Crippen LogP contribution < -0.4 is 5.32 Å². The van der Waals surface area contributed by atoms with E-state index in [1.807, 2.05) is 31.2 Å². The molecule has 0 spiro atoms. The molecule has 1 aliphatic heterocycles. The maximum Gasteiger partial charge on any atom is 0.234 e. The van der Waals surface area contributed by atoms with Gasteiger partial charge < -0.3 is 10.2 Å². The smallest absolute Gasteiger partial charge is 0.234 e. The molecule has 1 heterocycles. The Bertz CT molecular complexity index is 524. The largest absolute Gasteiger partial charge is 0.348 e. The topological polar surface area (TPSA) is 35.6 Å². The summed E-state index contributed by atoms with van der Waals surface area (Å²) in [4.78, 5) is 17.0. The van der Waals surface area contributed by atoms with Crippen molar-refractivity contribution in [2.45, 2.75) is 51.7 Å². The fourth-order valence-electron chi connectivity index (χ4n) is 3.32. The summed E-state index contributed by atoms with van der Waals surface area (Å²) in [5, 5.41) is 3.79. The van der Waals surface area contributed by atoms with Crippen molar-refractivity contribution >= 4 is 17.5 Å². The van der Waals surface area contributed by atoms with Crippen molar-refractivity contribution in [1.29, 1.82) is 0 Å². The number of likely N-dealkylation sites (tertiary alicyclic amines) is 1. The van der Waals surface area contributed by atoms with Gasteiger partial charge in [-0.2, -0.15) is 0 Å². The predicted octanol–water partition coefficient (Wildman–Crippen LogP) is 3.32. The van der Waals surface area contributed by atoms with Crippen LogP contribution in [0.15, 0.2) is 24.3 Å². The molecule has 2 rings (SSSR count). The number of nitrogens with zero attached hydrogens (tertiary/aromatic N) is 2. The number of amides is 1. The first-order chi connectivity index (χ1) is 11.4. The van der Waals surface area contributed by atoms with Crippen LogP contribution in [-0.4, -0.2) is 54.5 Å². The Morgan fingerprint density at radius 1 is 1.25 bits per heavy atom. The first-order valence-electron chi connectivity index (χ1n) is 8.86. The van der Waals surface area contributed by atoms with Crippen LogP contribution >= 0.6 is 11.6 Å². The molecular formula is C19H30ClN3O. The highest BCUT2D eigenvalue weighted by Gasteiger charge is 2.25. The van der Waals surface area contributed by atoms with Crippen molar-refractivity contribution in [2.24, 2.45) is 0 Å². The molecular weight excluding hydrogens is 322 g/mol. The summed E-state index contributed by atoms with van der Waals surface area (Å²) in [6.45, 7) is 9.18. The number of halogens is 1. The van der Waals surface area contributed by atoms with Crippen LogP contribution in [0.1, 0.15) is 45.2 Å². The third-order valence-electron chi connectivity index (χ3n) is 4.99. The van der Waals surface area contributed by atoms with Crippen LogP contribution in [0, 0.1) is 0 Å². The molecule has 0 saturated carbocycles. The number of rotatable bonds is 6. The van der Waals surface area contributed by atoms with E-state index in [1.165, 1.54) is 0 Å². The van der Waals surface area contributed by atoms with Gasteiger partial charge in [0.15, 0.2) is 0 Å². The second kappa shape index (κ2) is 8.84. The van der Waals surface area contributed by atoms with E-state index in [9.17, 15) is 4.79 Å². The minimum atomic E-state index is -0.00837. The fourth-order valence-corrected chi connectivity index (χ4v) is 3.45. The van der Waals surface area contributed by atoms with E-state index < -0.39 is 0 Å². The molecule has 0 aromatic heterocycles. The lowest BCUT2D eigenvalue weighted by Gasteiger charge is -2.38. The van der Waals surface area contributed by atoms with Crippen LogP contribution in [0.25, 0.3) is 0 Å². The third kappa shape index (κ3) is 5.47. The van der Waals surface area contributed by atoms with Crippen molar-refractivity contribution in [3.63, 3.8) is 0 Å². The molecule has 1 aromatic rings. The summed E-state index contributed by atoms with van der Waals surface area (Å²) in [6, 6.07) is 8.72. The third-order valence-corrected chi connectivity index (χ3v) is 5.25. The van der Waals surface area contributed by atoms with Crippen LogP contribution in [0.5, 0.6) is 0 Å². The average Bonchev–Trinajstić information content (AvgIpc) is 2.55. The van der Waals surface area contributed by atoms with Gasteiger partial charge in [0.05, 0.1) is 12.6 Å². The van der Waals surface area contributed by atoms with Crippen LogP contribution in [0.2, 0.25) is 5.02 Å². The van der Waals surface area contributed by atoms with Crippen molar-refractivity contribution in [2.75, 3.05) is 26.7 Å². The highest BCUT2D eigenvalue weighted by molar-refractivity contribution is 6.30. The van der Waals surface area contributed by atoms with Crippen LogP contribution in [-0.2, 0) is 4.79 Å². The molecule has 5 heteroatoms. The molecule has 4 nitrogen and oxygen atoms in total. The van der Waals surface area contributed by atoms with Crippen molar-refractivity contribution in [3.8, 4) is 0 Å². The van der Waals surface area contributed by atoms with E-state index in [0.717, 1.165) is 31.5 Å². The fraction of sp³-hybridized carbons (Fsp3) is 0.632. The number of hydrogen-bond donors (Lipinski definition) is 1. The van der Waals surface area contributed by atoms with E-state index in [4.69, 9.17) is 11.6 Å². The minimum Gasteiger partial charge on any atom is -0.348 e. The zero-order chi connectivity index (χ0) is 17.7. The zero-order valence-electron chi connectivity index (χ0n) is 15.3. The van der Waals surface area contributed by atoms with Gasteiger partial charge in [-0.1, -0.05) is 23.7 Å². The summed E-state index contributed by atoms with van der Waals surface area (Å²) in [5.74, 6) is 0.0752. The van der Waals surface area contributed by atoms with Crippen molar-refractivity contribution < 1.29 is 4.79 Å². The molecule has 24 heavy (non-hydrogen) atoms. The molecule has 0 aliphatic carbocycles. The van der Waals surface area contributed by atoms with Gasteiger partial charge >= 0.3 is 0 Å². The van der Waals surface area contributed by atoms with Crippen molar-refractivity contribution in [3.05, 3.63) is 34.9 Å². The van der Waals surface area contributed by atoms with Crippen LogP contribution in [0.3, 0.4) is 0 Å². The van der Waals surface area contributed by atoms with E-state index in [-0.39, 0.29) is 11.9 Å².